The molecule has 0 spiro atoms. The van der Waals surface area contributed by atoms with Crippen LogP contribution < -0.4 is 10.2 Å². The third-order valence-electron chi connectivity index (χ3n) is 4.05. The molecule has 112 valence electrons. The third-order valence-corrected chi connectivity index (χ3v) is 4.05. The molecule has 1 aliphatic carbocycles. The first-order valence-corrected chi connectivity index (χ1v) is 7.55. The number of nitrogens with one attached hydrogen (secondary N) is 1. The number of benzene rings is 1. The zero-order chi connectivity index (χ0) is 14.8. The van der Waals surface area contributed by atoms with Crippen LogP contribution in [0.2, 0.25) is 0 Å². The van der Waals surface area contributed by atoms with Crippen molar-refractivity contribution in [3.63, 3.8) is 0 Å². The van der Waals surface area contributed by atoms with Gasteiger partial charge in [0.25, 0.3) is 0 Å². The highest BCUT2D eigenvalue weighted by molar-refractivity contribution is 5.89. The number of rotatable bonds is 3. The lowest BCUT2D eigenvalue weighted by Gasteiger charge is -2.36. The highest BCUT2D eigenvalue weighted by Crippen LogP contribution is 2.31. The largest absolute Gasteiger partial charge is 0.368 e. The van der Waals surface area contributed by atoms with Gasteiger partial charge in [0.05, 0.1) is 0 Å². The predicted octanol–water partition coefficient (Wildman–Crippen LogP) is 1.70. The summed E-state index contributed by atoms with van der Waals surface area (Å²) in [5.41, 5.74) is 1.91. The second-order valence-corrected chi connectivity index (χ2v) is 5.82. The second kappa shape index (κ2) is 5.76. The minimum absolute atomic E-state index is 0.0630. The van der Waals surface area contributed by atoms with Gasteiger partial charge in [-0.2, -0.15) is 0 Å². The number of carbonyl (C=O) groups excluding carboxylic acids is 2. The molecule has 2 aliphatic rings. The van der Waals surface area contributed by atoms with Crippen LogP contribution in [0.3, 0.4) is 0 Å². The van der Waals surface area contributed by atoms with Gasteiger partial charge < -0.3 is 15.1 Å². The molecule has 1 heterocycles. The van der Waals surface area contributed by atoms with E-state index in [-0.39, 0.29) is 5.91 Å². The summed E-state index contributed by atoms with van der Waals surface area (Å²) < 4.78 is 0. The molecule has 1 aromatic rings. The van der Waals surface area contributed by atoms with Gasteiger partial charge in [-0.15, -0.1) is 0 Å². The van der Waals surface area contributed by atoms with Gasteiger partial charge >= 0.3 is 0 Å². The molecular weight excluding hydrogens is 266 g/mol. The highest BCUT2D eigenvalue weighted by Gasteiger charge is 2.34. The Labute approximate surface area is 124 Å². The fourth-order valence-electron chi connectivity index (χ4n) is 2.76. The number of hydrogen-bond donors (Lipinski definition) is 1. The Hall–Kier alpha value is -2.04. The maximum atomic E-state index is 12.0. The Morgan fingerprint density at radius 2 is 1.86 bits per heavy atom. The molecule has 0 unspecified atom stereocenters. The van der Waals surface area contributed by atoms with Gasteiger partial charge in [0.15, 0.2) is 0 Å². The van der Waals surface area contributed by atoms with Crippen molar-refractivity contribution >= 4 is 23.2 Å². The molecule has 1 saturated heterocycles. The van der Waals surface area contributed by atoms with Crippen molar-refractivity contribution < 1.29 is 9.59 Å². The van der Waals surface area contributed by atoms with Crippen LogP contribution in [0.5, 0.6) is 0 Å². The molecule has 3 rings (SSSR count). The van der Waals surface area contributed by atoms with Crippen LogP contribution in [0.15, 0.2) is 24.3 Å². The molecule has 2 amide bonds. The number of carbonyl (C=O) groups is 2. The van der Waals surface area contributed by atoms with Crippen molar-refractivity contribution in [3.8, 4) is 0 Å². The van der Waals surface area contributed by atoms with Gasteiger partial charge in [-0.05, 0) is 31.0 Å². The standard InChI is InChI=1S/C16H21N3O2/c1-12(20)17-14-3-2-4-15(11-14)18-7-9-19(10-8-18)16(21)13-5-6-13/h2-4,11,13H,5-10H2,1H3,(H,17,20). The van der Waals surface area contributed by atoms with Crippen LogP contribution in [0.4, 0.5) is 11.4 Å². The normalized spacial score (nSPS) is 18.5. The summed E-state index contributed by atoms with van der Waals surface area (Å²) in [4.78, 5) is 27.4. The van der Waals surface area contributed by atoms with E-state index in [1.54, 1.807) is 0 Å². The van der Waals surface area contributed by atoms with Gasteiger partial charge in [0.1, 0.15) is 0 Å². The van der Waals surface area contributed by atoms with Crippen molar-refractivity contribution in [3.05, 3.63) is 24.3 Å². The molecule has 1 N–H and O–H groups in total. The molecule has 0 atom stereocenters. The maximum Gasteiger partial charge on any atom is 0.225 e. The van der Waals surface area contributed by atoms with Gasteiger partial charge in [0.2, 0.25) is 11.8 Å². The average Bonchev–Trinajstić information content (AvgIpc) is 3.31. The summed E-state index contributed by atoms with van der Waals surface area (Å²) in [5.74, 6) is 0.577. The zero-order valence-electron chi connectivity index (χ0n) is 12.3. The van der Waals surface area contributed by atoms with Gasteiger partial charge in [-0.25, -0.2) is 0 Å². The molecule has 5 heteroatoms. The number of amides is 2. The number of hydrogen-bond acceptors (Lipinski definition) is 3. The van der Waals surface area contributed by atoms with Crippen molar-refractivity contribution in [2.75, 3.05) is 36.4 Å². The third kappa shape index (κ3) is 3.35. The first-order chi connectivity index (χ1) is 10.1. The predicted molar refractivity (Wildman–Crippen MR) is 82.3 cm³/mol. The van der Waals surface area contributed by atoms with Crippen LogP contribution in [0, 0.1) is 5.92 Å². The minimum Gasteiger partial charge on any atom is -0.368 e. The van der Waals surface area contributed by atoms with E-state index >= 15 is 0 Å². The van der Waals surface area contributed by atoms with Gasteiger partial charge in [-0.1, -0.05) is 6.07 Å². The summed E-state index contributed by atoms with van der Waals surface area (Å²) >= 11 is 0. The summed E-state index contributed by atoms with van der Waals surface area (Å²) in [6.45, 7) is 4.79. The van der Waals surface area contributed by atoms with E-state index in [0.29, 0.717) is 11.8 Å². The van der Waals surface area contributed by atoms with Crippen LogP contribution in [0.1, 0.15) is 19.8 Å². The van der Waals surface area contributed by atoms with E-state index < -0.39 is 0 Å². The molecule has 0 aromatic heterocycles. The van der Waals surface area contributed by atoms with E-state index in [4.69, 9.17) is 0 Å². The summed E-state index contributed by atoms with van der Waals surface area (Å²) in [7, 11) is 0. The molecule has 0 bridgehead atoms. The first kappa shape index (κ1) is 13.9. The van der Waals surface area contributed by atoms with E-state index in [2.05, 4.69) is 10.2 Å². The Balaban J connectivity index is 1.61. The Kier molecular flexibility index (Phi) is 3.82. The minimum atomic E-state index is -0.0630. The summed E-state index contributed by atoms with van der Waals surface area (Å²) in [5, 5.41) is 2.80. The Morgan fingerprint density at radius 1 is 1.14 bits per heavy atom. The van der Waals surface area contributed by atoms with Gasteiger partial charge in [0, 0.05) is 50.4 Å². The maximum absolute atomic E-state index is 12.0. The average molecular weight is 287 g/mol. The molecule has 21 heavy (non-hydrogen) atoms. The summed E-state index contributed by atoms with van der Waals surface area (Å²) in [6, 6.07) is 7.86. The highest BCUT2D eigenvalue weighted by atomic mass is 16.2. The molecule has 0 radical (unpaired) electrons. The topological polar surface area (TPSA) is 52.7 Å². The first-order valence-electron chi connectivity index (χ1n) is 7.55. The van der Waals surface area contributed by atoms with E-state index in [1.165, 1.54) is 6.92 Å². The lowest BCUT2D eigenvalue weighted by atomic mass is 10.2. The smallest absolute Gasteiger partial charge is 0.225 e. The summed E-state index contributed by atoms with van der Waals surface area (Å²) in [6.07, 6.45) is 2.13. The number of piperazine rings is 1. The fourth-order valence-corrected chi connectivity index (χ4v) is 2.76. The molecular formula is C16H21N3O2. The van der Waals surface area contributed by atoms with Crippen molar-refractivity contribution in [2.45, 2.75) is 19.8 Å². The molecule has 1 aromatic carbocycles. The lowest BCUT2D eigenvalue weighted by Crippen LogP contribution is -2.49. The van der Waals surface area contributed by atoms with E-state index in [1.807, 2.05) is 29.2 Å². The van der Waals surface area contributed by atoms with Crippen molar-refractivity contribution in [1.82, 2.24) is 4.90 Å². The van der Waals surface area contributed by atoms with Crippen molar-refractivity contribution in [2.24, 2.45) is 5.92 Å². The SMILES string of the molecule is CC(=O)Nc1cccc(N2CCN(C(=O)C3CC3)CC2)c1. The molecule has 5 nitrogen and oxygen atoms in total. The van der Waals surface area contributed by atoms with E-state index in [9.17, 15) is 9.59 Å². The number of nitrogens with zero attached hydrogens (tertiary/aromatic N) is 2. The Morgan fingerprint density at radius 3 is 2.48 bits per heavy atom. The second-order valence-electron chi connectivity index (χ2n) is 5.82. The van der Waals surface area contributed by atoms with E-state index in [0.717, 1.165) is 50.4 Å². The van der Waals surface area contributed by atoms with Crippen molar-refractivity contribution in [1.29, 1.82) is 0 Å². The monoisotopic (exact) mass is 287 g/mol. The molecule has 1 aliphatic heterocycles. The van der Waals surface area contributed by atoms with Gasteiger partial charge in [-0.3, -0.25) is 9.59 Å². The fraction of sp³-hybridized carbons (Fsp3) is 0.500. The van der Waals surface area contributed by atoms with Crippen LogP contribution in [-0.4, -0.2) is 42.9 Å². The molecule has 2 fully saturated rings. The Bertz CT molecular complexity index is 546. The van der Waals surface area contributed by atoms with Crippen LogP contribution in [0.25, 0.3) is 0 Å². The van der Waals surface area contributed by atoms with Crippen LogP contribution in [-0.2, 0) is 9.59 Å². The zero-order valence-corrected chi connectivity index (χ0v) is 12.3. The quantitative estimate of drug-likeness (QED) is 0.920. The lowest BCUT2D eigenvalue weighted by molar-refractivity contribution is -0.132. The number of anilines is 2. The molecule has 1 saturated carbocycles. The van der Waals surface area contributed by atoms with Crippen LogP contribution >= 0.6 is 0 Å².